The normalized spacial score (nSPS) is 19.8. The van der Waals surface area contributed by atoms with Gasteiger partial charge in [-0.3, -0.25) is 4.79 Å². The van der Waals surface area contributed by atoms with Crippen molar-refractivity contribution in [3.05, 3.63) is 17.3 Å². The molecule has 1 aliphatic heterocycles. The van der Waals surface area contributed by atoms with Gasteiger partial charge in [-0.15, -0.1) is 10.2 Å². The molecule has 1 aliphatic rings. The van der Waals surface area contributed by atoms with Crippen molar-refractivity contribution in [1.29, 1.82) is 0 Å². The zero-order valence-electron chi connectivity index (χ0n) is 10.0. The van der Waals surface area contributed by atoms with Crippen LogP contribution in [0, 0.1) is 0 Å². The van der Waals surface area contributed by atoms with Crippen molar-refractivity contribution in [2.24, 2.45) is 0 Å². The van der Waals surface area contributed by atoms with Crippen LogP contribution >= 0.6 is 11.6 Å². The highest BCUT2D eigenvalue weighted by Gasteiger charge is 2.24. The van der Waals surface area contributed by atoms with Crippen molar-refractivity contribution in [2.75, 3.05) is 11.4 Å². The molecule has 0 amide bonds. The van der Waals surface area contributed by atoms with Gasteiger partial charge in [0.2, 0.25) is 0 Å². The Balaban J connectivity index is 2.07. The van der Waals surface area contributed by atoms with Gasteiger partial charge in [0.1, 0.15) is 0 Å². The number of hydrogen-bond donors (Lipinski definition) is 1. The molecule has 1 fully saturated rings. The molecule has 0 saturated carbocycles. The molecule has 1 atom stereocenters. The summed E-state index contributed by atoms with van der Waals surface area (Å²) < 4.78 is 0. The molecule has 0 radical (unpaired) electrons. The molecule has 1 aromatic rings. The van der Waals surface area contributed by atoms with Gasteiger partial charge >= 0.3 is 5.97 Å². The molecule has 2 rings (SSSR count). The van der Waals surface area contributed by atoms with Crippen molar-refractivity contribution in [3.63, 3.8) is 0 Å². The zero-order valence-corrected chi connectivity index (χ0v) is 10.8. The third-order valence-electron chi connectivity index (χ3n) is 3.23. The molecule has 6 heteroatoms. The highest BCUT2D eigenvalue weighted by atomic mass is 35.5. The fourth-order valence-corrected chi connectivity index (χ4v) is 2.46. The number of carbonyl (C=O) groups is 1. The van der Waals surface area contributed by atoms with Crippen LogP contribution in [0.3, 0.4) is 0 Å². The Kier molecular flexibility index (Phi) is 4.36. The maximum atomic E-state index is 10.7. The van der Waals surface area contributed by atoms with E-state index in [4.69, 9.17) is 16.7 Å². The Morgan fingerprint density at radius 1 is 1.44 bits per heavy atom. The van der Waals surface area contributed by atoms with Gasteiger partial charge in [-0.1, -0.05) is 11.6 Å². The Morgan fingerprint density at radius 3 is 2.94 bits per heavy atom. The Labute approximate surface area is 111 Å². The summed E-state index contributed by atoms with van der Waals surface area (Å²) in [5, 5.41) is 17.1. The van der Waals surface area contributed by atoms with E-state index < -0.39 is 5.97 Å². The first-order valence-electron chi connectivity index (χ1n) is 6.14. The maximum Gasteiger partial charge on any atom is 0.303 e. The summed E-state index contributed by atoms with van der Waals surface area (Å²) in [6.07, 6.45) is 4.11. The summed E-state index contributed by atoms with van der Waals surface area (Å²) in [4.78, 5) is 12.8. The second kappa shape index (κ2) is 6.00. The zero-order chi connectivity index (χ0) is 13.0. The first-order valence-corrected chi connectivity index (χ1v) is 6.52. The third kappa shape index (κ3) is 3.32. The van der Waals surface area contributed by atoms with Crippen molar-refractivity contribution in [3.8, 4) is 0 Å². The van der Waals surface area contributed by atoms with E-state index in [1.165, 1.54) is 0 Å². The molecule has 0 bridgehead atoms. The predicted octanol–water partition coefficient (Wildman–Crippen LogP) is 2.35. The van der Waals surface area contributed by atoms with E-state index in [0.717, 1.165) is 31.6 Å². The van der Waals surface area contributed by atoms with Crippen LogP contribution in [0.4, 0.5) is 5.82 Å². The molecule has 98 valence electrons. The van der Waals surface area contributed by atoms with Gasteiger partial charge in [-0.2, -0.15) is 0 Å². The smallest absolute Gasteiger partial charge is 0.303 e. The largest absolute Gasteiger partial charge is 0.481 e. The molecule has 18 heavy (non-hydrogen) atoms. The number of rotatable bonds is 4. The van der Waals surface area contributed by atoms with E-state index in [1.807, 2.05) is 6.07 Å². The summed E-state index contributed by atoms with van der Waals surface area (Å²) in [5.41, 5.74) is 0. The monoisotopic (exact) mass is 269 g/mol. The van der Waals surface area contributed by atoms with Crippen LogP contribution in [0.15, 0.2) is 12.1 Å². The van der Waals surface area contributed by atoms with Crippen LogP contribution in [0.1, 0.15) is 32.1 Å². The molecule has 0 aromatic carbocycles. The minimum Gasteiger partial charge on any atom is -0.481 e. The van der Waals surface area contributed by atoms with Crippen LogP contribution in [-0.2, 0) is 4.79 Å². The van der Waals surface area contributed by atoms with Crippen LogP contribution in [0.2, 0.25) is 5.15 Å². The van der Waals surface area contributed by atoms with Crippen molar-refractivity contribution < 1.29 is 9.90 Å². The molecule has 5 nitrogen and oxygen atoms in total. The molecule has 0 spiro atoms. The fraction of sp³-hybridized carbons (Fsp3) is 0.583. The highest BCUT2D eigenvalue weighted by molar-refractivity contribution is 6.29. The standard InChI is InChI=1S/C12H16ClN3O2/c13-10-5-6-11(15-14-10)16-8-2-1-3-9(16)4-7-12(17)18/h5-6,9H,1-4,7-8H2,(H,17,18). The second-order valence-electron chi connectivity index (χ2n) is 4.49. The van der Waals surface area contributed by atoms with Crippen LogP contribution in [0.25, 0.3) is 0 Å². The van der Waals surface area contributed by atoms with Gasteiger partial charge in [0.25, 0.3) is 0 Å². The first kappa shape index (κ1) is 13.1. The van der Waals surface area contributed by atoms with E-state index in [0.29, 0.717) is 11.6 Å². The maximum absolute atomic E-state index is 10.7. The van der Waals surface area contributed by atoms with Gasteiger partial charge in [-0.25, -0.2) is 0 Å². The van der Waals surface area contributed by atoms with Crippen LogP contribution < -0.4 is 4.90 Å². The Hall–Kier alpha value is -1.36. The lowest BCUT2D eigenvalue weighted by atomic mass is 9.98. The number of halogens is 1. The summed E-state index contributed by atoms with van der Waals surface area (Å²) in [5.74, 6) is 0.0391. The van der Waals surface area contributed by atoms with Gasteiger partial charge in [0.15, 0.2) is 11.0 Å². The topological polar surface area (TPSA) is 66.3 Å². The van der Waals surface area contributed by atoms with Gasteiger partial charge < -0.3 is 10.0 Å². The number of aliphatic carboxylic acids is 1. The Bertz CT molecular complexity index is 410. The SMILES string of the molecule is O=C(O)CCC1CCCCN1c1ccc(Cl)nn1. The number of carboxylic acid groups (broad SMARTS) is 1. The van der Waals surface area contributed by atoms with E-state index in [2.05, 4.69) is 15.1 Å². The number of nitrogens with zero attached hydrogens (tertiary/aromatic N) is 3. The molecule has 0 aliphatic carbocycles. The molecular formula is C12H16ClN3O2. The van der Waals surface area contributed by atoms with E-state index in [9.17, 15) is 4.79 Å². The van der Waals surface area contributed by atoms with Crippen LogP contribution in [0.5, 0.6) is 0 Å². The predicted molar refractivity (Wildman–Crippen MR) is 68.9 cm³/mol. The summed E-state index contributed by atoms with van der Waals surface area (Å²) in [6, 6.07) is 3.80. The van der Waals surface area contributed by atoms with Gasteiger partial charge in [0.05, 0.1) is 0 Å². The minimum absolute atomic E-state index is 0.197. The summed E-state index contributed by atoms with van der Waals surface area (Å²) >= 11 is 5.72. The lowest BCUT2D eigenvalue weighted by molar-refractivity contribution is -0.137. The highest BCUT2D eigenvalue weighted by Crippen LogP contribution is 2.25. The average Bonchev–Trinajstić information content (AvgIpc) is 2.38. The average molecular weight is 270 g/mol. The lowest BCUT2D eigenvalue weighted by Crippen LogP contribution is -2.40. The molecule has 1 aromatic heterocycles. The van der Waals surface area contributed by atoms with E-state index >= 15 is 0 Å². The lowest BCUT2D eigenvalue weighted by Gasteiger charge is -2.36. The first-order chi connectivity index (χ1) is 8.66. The molecule has 1 saturated heterocycles. The molecule has 1 unspecified atom stereocenters. The number of anilines is 1. The molecular weight excluding hydrogens is 254 g/mol. The minimum atomic E-state index is -0.747. The van der Waals surface area contributed by atoms with Gasteiger partial charge in [0, 0.05) is 19.0 Å². The second-order valence-corrected chi connectivity index (χ2v) is 4.88. The fourth-order valence-electron chi connectivity index (χ4n) is 2.35. The van der Waals surface area contributed by atoms with Crippen molar-refractivity contribution in [1.82, 2.24) is 10.2 Å². The van der Waals surface area contributed by atoms with Crippen molar-refractivity contribution in [2.45, 2.75) is 38.1 Å². The number of carboxylic acids is 1. The molecule has 2 heterocycles. The third-order valence-corrected chi connectivity index (χ3v) is 3.43. The van der Waals surface area contributed by atoms with Crippen LogP contribution in [-0.4, -0.2) is 33.9 Å². The molecule has 1 N–H and O–H groups in total. The van der Waals surface area contributed by atoms with Crippen molar-refractivity contribution >= 4 is 23.4 Å². The quantitative estimate of drug-likeness (QED) is 0.909. The Morgan fingerprint density at radius 2 is 2.28 bits per heavy atom. The van der Waals surface area contributed by atoms with E-state index in [1.54, 1.807) is 6.07 Å². The number of aromatic nitrogens is 2. The summed E-state index contributed by atoms with van der Waals surface area (Å²) in [7, 11) is 0. The summed E-state index contributed by atoms with van der Waals surface area (Å²) in [6.45, 7) is 0.903. The number of hydrogen-bond acceptors (Lipinski definition) is 4. The number of piperidine rings is 1. The van der Waals surface area contributed by atoms with Gasteiger partial charge in [-0.05, 0) is 37.8 Å². The van der Waals surface area contributed by atoms with E-state index in [-0.39, 0.29) is 12.5 Å².